The van der Waals surface area contributed by atoms with Crippen molar-refractivity contribution >= 4 is 16.6 Å². The van der Waals surface area contributed by atoms with E-state index in [1.165, 1.54) is 5.39 Å². The number of hydrogen-bond donors (Lipinski definition) is 1. The number of hydrogen-bond acceptors (Lipinski definition) is 1. The van der Waals surface area contributed by atoms with Crippen LogP contribution >= 0.6 is 0 Å². The standard InChI is InChI=1S/C10H10N2/c1-11-10-9-5-3-2-4-8(9)6-7-12-10/h2-7H,1,11H2. The molecule has 2 N–H and O–H groups in total. The minimum atomic E-state index is 0.952. The van der Waals surface area contributed by atoms with Crippen molar-refractivity contribution < 1.29 is 5.32 Å². The summed E-state index contributed by atoms with van der Waals surface area (Å²) in [6.45, 7) is 0. The predicted octanol–water partition coefficient (Wildman–Crippen LogP) is 1.22. The zero-order valence-corrected chi connectivity index (χ0v) is 6.70. The minimum absolute atomic E-state index is 0.952. The lowest BCUT2D eigenvalue weighted by Crippen LogP contribution is -2.70. The van der Waals surface area contributed by atoms with Crippen LogP contribution in [0.5, 0.6) is 0 Å². The molecule has 2 aromatic rings. The Morgan fingerprint density at radius 3 is 2.83 bits per heavy atom. The largest absolute Gasteiger partial charge is 0.429 e. The maximum Gasteiger partial charge on any atom is 0.205 e. The van der Waals surface area contributed by atoms with Crippen LogP contribution in [0.3, 0.4) is 0 Å². The van der Waals surface area contributed by atoms with Crippen LogP contribution in [-0.2, 0) is 0 Å². The van der Waals surface area contributed by atoms with Crippen molar-refractivity contribution in [3.8, 4) is 0 Å². The van der Waals surface area contributed by atoms with Crippen molar-refractivity contribution in [2.45, 2.75) is 0 Å². The van der Waals surface area contributed by atoms with Crippen molar-refractivity contribution in [3.63, 3.8) is 0 Å². The zero-order valence-electron chi connectivity index (χ0n) is 6.70. The third kappa shape index (κ3) is 1.06. The van der Waals surface area contributed by atoms with Gasteiger partial charge in [-0.3, -0.25) is 0 Å². The number of nitrogens with zero attached hydrogens (tertiary/aromatic N) is 1. The highest BCUT2D eigenvalue weighted by molar-refractivity contribution is 5.88. The van der Waals surface area contributed by atoms with Crippen molar-refractivity contribution in [3.05, 3.63) is 43.6 Å². The smallest absolute Gasteiger partial charge is 0.205 e. The second-order valence-corrected chi connectivity index (χ2v) is 2.62. The lowest BCUT2D eigenvalue weighted by Gasteiger charge is -2.01. The molecule has 0 radical (unpaired) electrons. The molecule has 0 aliphatic carbocycles. The first-order valence-corrected chi connectivity index (χ1v) is 3.88. The third-order valence-electron chi connectivity index (χ3n) is 1.90. The molecule has 0 aliphatic rings. The van der Waals surface area contributed by atoms with E-state index < -0.39 is 0 Å². The Kier molecular flexibility index (Phi) is 1.76. The van der Waals surface area contributed by atoms with Crippen LogP contribution < -0.4 is 5.32 Å². The Bertz CT molecular complexity index is 390. The van der Waals surface area contributed by atoms with Gasteiger partial charge in [0.05, 0.1) is 5.39 Å². The molecule has 0 spiro atoms. The summed E-state index contributed by atoms with van der Waals surface area (Å²) < 4.78 is 0. The first-order valence-electron chi connectivity index (χ1n) is 3.88. The molecule has 0 atom stereocenters. The Labute approximate surface area is 71.2 Å². The Hall–Kier alpha value is -1.41. The van der Waals surface area contributed by atoms with Gasteiger partial charge >= 0.3 is 0 Å². The normalized spacial score (nSPS) is 10.4. The highest BCUT2D eigenvalue weighted by Gasteiger charge is 1.98. The van der Waals surface area contributed by atoms with Gasteiger partial charge in [-0.05, 0) is 17.5 Å². The number of rotatable bonds is 1. The summed E-state index contributed by atoms with van der Waals surface area (Å²) in [6.07, 6.45) is 1.80. The Morgan fingerprint density at radius 1 is 1.17 bits per heavy atom. The predicted molar refractivity (Wildman–Crippen MR) is 48.7 cm³/mol. The number of quaternary nitrogens is 1. The number of aromatic nitrogens is 1. The second-order valence-electron chi connectivity index (χ2n) is 2.62. The molecular weight excluding hydrogens is 148 g/mol. The Balaban J connectivity index is 2.79. The fourth-order valence-electron chi connectivity index (χ4n) is 1.31. The van der Waals surface area contributed by atoms with Gasteiger partial charge in [0.15, 0.2) is 0 Å². The number of pyridine rings is 1. The SMILES string of the molecule is [CH2-][NH2+]c1nccc2ccccc12. The van der Waals surface area contributed by atoms with Crippen LogP contribution in [0, 0.1) is 7.05 Å². The lowest BCUT2D eigenvalue weighted by atomic mass is 10.2. The van der Waals surface area contributed by atoms with Crippen LogP contribution in [0.1, 0.15) is 0 Å². The molecule has 0 bridgehead atoms. The maximum atomic E-state index is 4.21. The molecule has 1 aromatic carbocycles. The summed E-state index contributed by atoms with van der Waals surface area (Å²) in [5.74, 6) is 0.952. The van der Waals surface area contributed by atoms with E-state index in [0.717, 1.165) is 11.2 Å². The van der Waals surface area contributed by atoms with Gasteiger partial charge in [-0.15, -0.1) is 7.05 Å². The van der Waals surface area contributed by atoms with Crippen molar-refractivity contribution in [2.75, 3.05) is 0 Å². The molecular formula is C10H10N2. The van der Waals surface area contributed by atoms with Gasteiger partial charge < -0.3 is 5.32 Å². The molecule has 0 aliphatic heterocycles. The highest BCUT2D eigenvalue weighted by atomic mass is 14.9. The average molecular weight is 158 g/mol. The van der Waals surface area contributed by atoms with Crippen LogP contribution in [-0.4, -0.2) is 4.98 Å². The molecule has 2 heteroatoms. The first kappa shape index (κ1) is 7.25. The van der Waals surface area contributed by atoms with E-state index in [1.54, 1.807) is 11.5 Å². The van der Waals surface area contributed by atoms with Gasteiger partial charge in [0, 0.05) is 6.20 Å². The molecule has 0 saturated heterocycles. The van der Waals surface area contributed by atoms with Crippen LogP contribution in [0.4, 0.5) is 5.82 Å². The average Bonchev–Trinajstić information content (AvgIpc) is 2.17. The van der Waals surface area contributed by atoms with Gasteiger partial charge in [0.1, 0.15) is 0 Å². The first-order chi connectivity index (χ1) is 5.92. The van der Waals surface area contributed by atoms with Crippen LogP contribution in [0.2, 0.25) is 0 Å². The summed E-state index contributed by atoms with van der Waals surface area (Å²) in [5, 5.41) is 4.15. The molecule has 2 nitrogen and oxygen atoms in total. The highest BCUT2D eigenvalue weighted by Crippen LogP contribution is 2.16. The summed E-state index contributed by atoms with van der Waals surface area (Å²) in [6, 6.07) is 10.2. The van der Waals surface area contributed by atoms with Gasteiger partial charge in [-0.2, -0.15) is 0 Å². The molecule has 1 aromatic heterocycles. The van der Waals surface area contributed by atoms with E-state index in [1.807, 2.05) is 18.2 Å². The summed E-state index contributed by atoms with van der Waals surface area (Å²) >= 11 is 0. The molecule has 0 saturated carbocycles. The van der Waals surface area contributed by atoms with Gasteiger partial charge in [-0.25, -0.2) is 4.98 Å². The molecule has 12 heavy (non-hydrogen) atoms. The fraction of sp³-hybridized carbons (Fsp3) is 0. The van der Waals surface area contributed by atoms with E-state index in [2.05, 4.69) is 24.2 Å². The van der Waals surface area contributed by atoms with Crippen molar-refractivity contribution in [1.29, 1.82) is 0 Å². The molecule has 0 fully saturated rings. The maximum absolute atomic E-state index is 4.21. The van der Waals surface area contributed by atoms with Crippen molar-refractivity contribution in [1.82, 2.24) is 4.98 Å². The van der Waals surface area contributed by atoms with Gasteiger partial charge in [0.25, 0.3) is 0 Å². The van der Waals surface area contributed by atoms with E-state index >= 15 is 0 Å². The third-order valence-corrected chi connectivity index (χ3v) is 1.90. The number of benzene rings is 1. The van der Waals surface area contributed by atoms with E-state index in [-0.39, 0.29) is 0 Å². The Morgan fingerprint density at radius 2 is 2.00 bits per heavy atom. The van der Waals surface area contributed by atoms with Crippen molar-refractivity contribution in [2.24, 2.45) is 0 Å². The number of nitrogens with two attached hydrogens (primary N) is 1. The fourth-order valence-corrected chi connectivity index (χ4v) is 1.31. The van der Waals surface area contributed by atoms with Crippen LogP contribution in [0.15, 0.2) is 36.5 Å². The summed E-state index contributed by atoms with van der Waals surface area (Å²) in [4.78, 5) is 4.21. The molecule has 0 amide bonds. The van der Waals surface area contributed by atoms with Crippen LogP contribution in [0.25, 0.3) is 10.8 Å². The molecule has 0 unspecified atom stereocenters. The zero-order chi connectivity index (χ0) is 8.39. The molecule has 1 heterocycles. The van der Waals surface area contributed by atoms with E-state index in [9.17, 15) is 0 Å². The van der Waals surface area contributed by atoms with E-state index in [4.69, 9.17) is 0 Å². The summed E-state index contributed by atoms with van der Waals surface area (Å²) in [7, 11) is 3.72. The monoisotopic (exact) mass is 158 g/mol. The summed E-state index contributed by atoms with van der Waals surface area (Å²) in [5.41, 5.74) is 0. The van der Waals surface area contributed by atoms with E-state index in [0.29, 0.717) is 0 Å². The lowest BCUT2D eigenvalue weighted by molar-refractivity contribution is -0.507. The molecule has 2 rings (SSSR count). The molecule has 60 valence electrons. The quantitative estimate of drug-likeness (QED) is 0.621. The number of fused-ring (bicyclic) bond motifs is 1. The van der Waals surface area contributed by atoms with Gasteiger partial charge in [0.2, 0.25) is 5.82 Å². The van der Waals surface area contributed by atoms with Gasteiger partial charge in [-0.1, -0.05) is 18.2 Å². The topological polar surface area (TPSA) is 29.5 Å². The second kappa shape index (κ2) is 2.91. The minimum Gasteiger partial charge on any atom is -0.429 e.